The van der Waals surface area contributed by atoms with Crippen LogP contribution in [0.1, 0.15) is 39.5 Å². The van der Waals surface area contributed by atoms with Gasteiger partial charge >= 0.3 is 0 Å². The average molecular weight is 259 g/mol. The van der Waals surface area contributed by atoms with Gasteiger partial charge < -0.3 is 20.7 Å². The third kappa shape index (κ3) is 9.83. The van der Waals surface area contributed by atoms with Crippen molar-refractivity contribution in [1.82, 2.24) is 10.2 Å². The summed E-state index contributed by atoms with van der Waals surface area (Å²) in [6.45, 7) is 8.27. The Balaban J connectivity index is 3.53. The Morgan fingerprint density at radius 1 is 1.22 bits per heavy atom. The minimum absolute atomic E-state index is 0.460. The van der Waals surface area contributed by atoms with Crippen LogP contribution in [-0.4, -0.2) is 57.4 Å². The molecule has 0 rings (SSSR count). The summed E-state index contributed by atoms with van der Waals surface area (Å²) in [4.78, 5) is 2.39. The number of rotatable bonds is 12. The molecular formula is C14H33N3O. The summed E-state index contributed by atoms with van der Waals surface area (Å²) in [5.41, 5.74) is 5.54. The lowest BCUT2D eigenvalue weighted by atomic mass is 10.1. The summed E-state index contributed by atoms with van der Waals surface area (Å²) >= 11 is 0. The third-order valence-electron chi connectivity index (χ3n) is 3.38. The Bertz CT molecular complexity index is 176. The standard InChI is InChI=1S/C14H33N3O/c1-13(2)17(3)11-6-5-10-16-14(12-18-4)8-7-9-15/h13-14,16H,5-12,15H2,1-4H3. The van der Waals surface area contributed by atoms with Crippen LogP contribution < -0.4 is 11.1 Å². The van der Waals surface area contributed by atoms with Crippen LogP contribution in [0.5, 0.6) is 0 Å². The molecule has 18 heavy (non-hydrogen) atoms. The summed E-state index contributed by atoms with van der Waals surface area (Å²) in [5, 5.41) is 3.56. The van der Waals surface area contributed by atoms with Gasteiger partial charge in [-0.2, -0.15) is 0 Å². The average Bonchev–Trinajstić information content (AvgIpc) is 2.34. The summed E-state index contributed by atoms with van der Waals surface area (Å²) < 4.78 is 5.22. The number of hydrogen-bond acceptors (Lipinski definition) is 4. The van der Waals surface area contributed by atoms with Crippen LogP contribution in [0.15, 0.2) is 0 Å². The molecule has 0 heterocycles. The number of nitrogens with one attached hydrogen (secondary N) is 1. The highest BCUT2D eigenvalue weighted by Crippen LogP contribution is 2.00. The Labute approximate surface area is 113 Å². The van der Waals surface area contributed by atoms with Gasteiger partial charge in [-0.15, -0.1) is 0 Å². The molecule has 0 saturated carbocycles. The quantitative estimate of drug-likeness (QED) is 0.521. The molecule has 0 fully saturated rings. The summed E-state index contributed by atoms with van der Waals surface area (Å²) in [7, 11) is 3.95. The Hall–Kier alpha value is -0.160. The van der Waals surface area contributed by atoms with E-state index in [0.29, 0.717) is 12.1 Å². The van der Waals surface area contributed by atoms with E-state index in [4.69, 9.17) is 10.5 Å². The maximum absolute atomic E-state index is 5.54. The molecule has 110 valence electrons. The lowest BCUT2D eigenvalue weighted by Gasteiger charge is -2.21. The molecule has 0 spiro atoms. The van der Waals surface area contributed by atoms with Crippen molar-refractivity contribution in [2.24, 2.45) is 5.73 Å². The third-order valence-corrected chi connectivity index (χ3v) is 3.38. The number of nitrogens with two attached hydrogens (primary N) is 1. The lowest BCUT2D eigenvalue weighted by Crippen LogP contribution is -2.35. The van der Waals surface area contributed by atoms with E-state index in [1.165, 1.54) is 19.4 Å². The van der Waals surface area contributed by atoms with Crippen LogP contribution in [-0.2, 0) is 4.74 Å². The van der Waals surface area contributed by atoms with Crippen LogP contribution in [0.3, 0.4) is 0 Å². The number of ether oxygens (including phenoxy) is 1. The normalized spacial score (nSPS) is 13.5. The molecule has 0 aliphatic rings. The van der Waals surface area contributed by atoms with Crippen molar-refractivity contribution < 1.29 is 4.74 Å². The van der Waals surface area contributed by atoms with Crippen molar-refractivity contribution >= 4 is 0 Å². The van der Waals surface area contributed by atoms with E-state index in [-0.39, 0.29) is 0 Å². The Kier molecular flexibility index (Phi) is 11.8. The molecule has 0 aliphatic carbocycles. The van der Waals surface area contributed by atoms with Crippen LogP contribution in [0.4, 0.5) is 0 Å². The van der Waals surface area contributed by atoms with Crippen molar-refractivity contribution in [3.05, 3.63) is 0 Å². The van der Waals surface area contributed by atoms with Gasteiger partial charge in [0.05, 0.1) is 6.61 Å². The predicted molar refractivity (Wildman–Crippen MR) is 79.0 cm³/mol. The van der Waals surface area contributed by atoms with Gasteiger partial charge in [0.25, 0.3) is 0 Å². The van der Waals surface area contributed by atoms with Crippen LogP contribution >= 0.6 is 0 Å². The van der Waals surface area contributed by atoms with Gasteiger partial charge in [0.15, 0.2) is 0 Å². The van der Waals surface area contributed by atoms with Crippen LogP contribution in [0, 0.1) is 0 Å². The predicted octanol–water partition coefficient (Wildman–Crippen LogP) is 1.45. The largest absolute Gasteiger partial charge is 0.383 e. The Morgan fingerprint density at radius 3 is 2.50 bits per heavy atom. The molecule has 1 unspecified atom stereocenters. The Morgan fingerprint density at radius 2 is 1.94 bits per heavy atom. The minimum atomic E-state index is 0.460. The molecule has 0 aromatic rings. The first-order chi connectivity index (χ1) is 8.61. The van der Waals surface area contributed by atoms with Gasteiger partial charge in [-0.3, -0.25) is 0 Å². The molecule has 0 radical (unpaired) electrons. The van der Waals surface area contributed by atoms with E-state index in [9.17, 15) is 0 Å². The van der Waals surface area contributed by atoms with Gasteiger partial charge in [0.2, 0.25) is 0 Å². The first kappa shape index (κ1) is 17.8. The minimum Gasteiger partial charge on any atom is -0.383 e. The second kappa shape index (κ2) is 11.9. The SMILES string of the molecule is COCC(CCCN)NCCCCN(C)C(C)C. The maximum Gasteiger partial charge on any atom is 0.0615 e. The van der Waals surface area contributed by atoms with E-state index in [2.05, 4.69) is 31.1 Å². The number of methoxy groups -OCH3 is 1. The lowest BCUT2D eigenvalue weighted by molar-refractivity contribution is 0.161. The van der Waals surface area contributed by atoms with Gasteiger partial charge in [0.1, 0.15) is 0 Å². The zero-order valence-electron chi connectivity index (χ0n) is 12.7. The fourth-order valence-corrected chi connectivity index (χ4v) is 1.86. The van der Waals surface area contributed by atoms with Gasteiger partial charge in [-0.1, -0.05) is 0 Å². The summed E-state index contributed by atoms with van der Waals surface area (Å²) in [6, 6.07) is 1.10. The van der Waals surface area contributed by atoms with Crippen molar-refractivity contribution in [3.63, 3.8) is 0 Å². The van der Waals surface area contributed by atoms with Gasteiger partial charge in [-0.05, 0) is 66.2 Å². The van der Waals surface area contributed by atoms with Gasteiger partial charge in [-0.25, -0.2) is 0 Å². The molecule has 1 atom stereocenters. The number of unbranched alkanes of at least 4 members (excludes halogenated alkanes) is 1. The molecule has 3 N–H and O–H groups in total. The fourth-order valence-electron chi connectivity index (χ4n) is 1.86. The summed E-state index contributed by atoms with van der Waals surface area (Å²) in [5.74, 6) is 0. The smallest absolute Gasteiger partial charge is 0.0615 e. The van der Waals surface area contributed by atoms with Gasteiger partial charge in [0, 0.05) is 19.2 Å². The molecule has 0 amide bonds. The topological polar surface area (TPSA) is 50.5 Å². The first-order valence-electron chi connectivity index (χ1n) is 7.24. The number of nitrogens with zero attached hydrogens (tertiary/aromatic N) is 1. The van der Waals surface area contributed by atoms with E-state index in [0.717, 1.165) is 32.5 Å². The highest BCUT2D eigenvalue weighted by atomic mass is 16.5. The van der Waals surface area contributed by atoms with E-state index in [1.807, 2.05) is 0 Å². The van der Waals surface area contributed by atoms with Crippen molar-refractivity contribution in [2.45, 2.75) is 51.6 Å². The van der Waals surface area contributed by atoms with Crippen molar-refractivity contribution in [3.8, 4) is 0 Å². The fraction of sp³-hybridized carbons (Fsp3) is 1.00. The van der Waals surface area contributed by atoms with Crippen LogP contribution in [0.25, 0.3) is 0 Å². The van der Waals surface area contributed by atoms with Crippen molar-refractivity contribution in [1.29, 1.82) is 0 Å². The monoisotopic (exact) mass is 259 g/mol. The molecule has 4 heteroatoms. The van der Waals surface area contributed by atoms with Crippen LogP contribution in [0.2, 0.25) is 0 Å². The highest BCUT2D eigenvalue weighted by molar-refractivity contribution is 4.67. The molecular weight excluding hydrogens is 226 g/mol. The van der Waals surface area contributed by atoms with E-state index in [1.54, 1.807) is 7.11 Å². The molecule has 0 bridgehead atoms. The number of hydrogen-bond donors (Lipinski definition) is 2. The van der Waals surface area contributed by atoms with E-state index >= 15 is 0 Å². The second-order valence-electron chi connectivity index (χ2n) is 5.32. The zero-order chi connectivity index (χ0) is 13.8. The van der Waals surface area contributed by atoms with Crippen molar-refractivity contribution in [2.75, 3.05) is 40.4 Å². The molecule has 0 saturated heterocycles. The molecule has 0 aliphatic heterocycles. The second-order valence-corrected chi connectivity index (χ2v) is 5.32. The first-order valence-corrected chi connectivity index (χ1v) is 7.24. The maximum atomic E-state index is 5.54. The molecule has 4 nitrogen and oxygen atoms in total. The zero-order valence-corrected chi connectivity index (χ0v) is 12.7. The van der Waals surface area contributed by atoms with E-state index < -0.39 is 0 Å². The molecule has 0 aromatic heterocycles. The summed E-state index contributed by atoms with van der Waals surface area (Å²) in [6.07, 6.45) is 4.64. The molecule has 0 aromatic carbocycles. The highest BCUT2D eigenvalue weighted by Gasteiger charge is 2.07.